The molecule has 2 aliphatic rings. The van der Waals surface area contributed by atoms with Gasteiger partial charge in [-0.2, -0.15) is 4.39 Å². The lowest BCUT2D eigenvalue weighted by molar-refractivity contribution is -0.142. The Labute approximate surface area is 273 Å². The van der Waals surface area contributed by atoms with E-state index in [2.05, 4.69) is 21.3 Å². The first-order valence-corrected chi connectivity index (χ1v) is 16.7. The molecule has 46 heavy (non-hydrogen) atoms. The van der Waals surface area contributed by atoms with Crippen molar-refractivity contribution < 1.29 is 18.7 Å². The second-order valence-corrected chi connectivity index (χ2v) is 13.9. The number of rotatable bonds is 12. The molecule has 0 radical (unpaired) electrons. The summed E-state index contributed by atoms with van der Waals surface area (Å²) < 4.78 is 22.0. The summed E-state index contributed by atoms with van der Waals surface area (Å²) in [6, 6.07) is 11.8. The van der Waals surface area contributed by atoms with Crippen LogP contribution in [0.4, 0.5) is 10.1 Å². The SMILES string of the molecule is Cc1cnc(F)c(C(C)N(C(=O)CCCCCN(C)C)C(C(=O)Nc2ccc3c(c2)CCC3)c2cccc3c2OC(C)(C)CC3)c1. The monoisotopic (exact) mass is 628 g/mol. The van der Waals surface area contributed by atoms with E-state index in [1.807, 2.05) is 65.2 Å². The van der Waals surface area contributed by atoms with Crippen molar-refractivity contribution in [3.63, 3.8) is 0 Å². The van der Waals surface area contributed by atoms with Gasteiger partial charge >= 0.3 is 0 Å². The molecule has 2 heterocycles. The number of amides is 2. The summed E-state index contributed by atoms with van der Waals surface area (Å²) in [7, 11) is 4.07. The van der Waals surface area contributed by atoms with E-state index in [1.165, 1.54) is 17.3 Å². The van der Waals surface area contributed by atoms with Crippen molar-refractivity contribution in [1.82, 2.24) is 14.8 Å². The lowest BCUT2D eigenvalue weighted by atomic mass is 9.89. The third-order valence-electron chi connectivity index (χ3n) is 9.34. The number of carbonyl (C=O) groups is 2. The highest BCUT2D eigenvalue weighted by atomic mass is 19.1. The summed E-state index contributed by atoms with van der Waals surface area (Å²) in [5.41, 5.74) is 5.46. The Morgan fingerprint density at radius 1 is 1.00 bits per heavy atom. The van der Waals surface area contributed by atoms with E-state index in [9.17, 15) is 9.59 Å². The Bertz CT molecular complexity index is 1570. The Hall–Kier alpha value is -3.78. The van der Waals surface area contributed by atoms with Crippen LogP contribution in [0.3, 0.4) is 0 Å². The number of para-hydroxylation sites is 1. The molecule has 1 N–H and O–H groups in total. The Morgan fingerprint density at radius 2 is 1.78 bits per heavy atom. The second-order valence-electron chi connectivity index (χ2n) is 13.9. The van der Waals surface area contributed by atoms with Crippen molar-refractivity contribution in [3.05, 3.63) is 88.0 Å². The molecule has 5 rings (SSSR count). The van der Waals surface area contributed by atoms with Gasteiger partial charge in [0, 0.05) is 29.4 Å². The number of anilines is 1. The van der Waals surface area contributed by atoms with Crippen molar-refractivity contribution in [2.24, 2.45) is 0 Å². The standard InChI is InChI=1S/C38H49FN4O3/c1-25-22-32(36(39)40-24-25)26(2)43(33(44)16-8-7-9-21-42(5)6)34(31-15-11-13-28-19-20-38(3,4)46-35(28)31)37(45)41-30-18-17-27-12-10-14-29(27)23-30/h11,13,15,17-18,22-24,26,34H,7-10,12,14,16,19-21H2,1-6H3,(H,41,45). The molecular weight excluding hydrogens is 579 g/mol. The van der Waals surface area contributed by atoms with E-state index in [0.29, 0.717) is 23.4 Å². The van der Waals surface area contributed by atoms with Gasteiger partial charge in [0.05, 0.1) is 6.04 Å². The van der Waals surface area contributed by atoms with Crippen molar-refractivity contribution >= 4 is 17.5 Å². The first-order valence-electron chi connectivity index (χ1n) is 16.7. The molecule has 1 aliphatic carbocycles. The maximum atomic E-state index is 15.4. The number of nitrogens with zero attached hydrogens (tertiary/aromatic N) is 3. The summed E-state index contributed by atoms with van der Waals surface area (Å²) in [6.07, 6.45) is 8.96. The van der Waals surface area contributed by atoms with E-state index in [1.54, 1.807) is 17.9 Å². The fraction of sp³-hybridized carbons (Fsp3) is 0.500. The molecule has 1 aliphatic heterocycles. The fourth-order valence-corrected chi connectivity index (χ4v) is 6.79. The average Bonchev–Trinajstić information content (AvgIpc) is 3.48. The van der Waals surface area contributed by atoms with Gasteiger partial charge in [-0.05, 0) is 134 Å². The van der Waals surface area contributed by atoms with Gasteiger partial charge in [0.2, 0.25) is 11.9 Å². The second kappa shape index (κ2) is 14.3. The summed E-state index contributed by atoms with van der Waals surface area (Å²) in [5, 5.41) is 3.15. The molecule has 2 aromatic carbocycles. The first kappa shape index (κ1) is 33.6. The van der Waals surface area contributed by atoms with Gasteiger partial charge in [-0.15, -0.1) is 0 Å². The number of pyridine rings is 1. The summed E-state index contributed by atoms with van der Waals surface area (Å²) in [4.78, 5) is 36.8. The molecule has 3 aromatic rings. The van der Waals surface area contributed by atoms with Gasteiger partial charge in [-0.25, -0.2) is 4.98 Å². The number of benzene rings is 2. The molecule has 1 aromatic heterocycles. The van der Waals surface area contributed by atoms with Crippen molar-refractivity contribution in [2.45, 2.75) is 103 Å². The lowest BCUT2D eigenvalue weighted by Crippen LogP contribution is -2.44. The molecule has 2 amide bonds. The molecule has 0 saturated heterocycles. The number of unbranched alkanes of at least 4 members (excludes halogenated alkanes) is 2. The number of hydrogen-bond acceptors (Lipinski definition) is 5. The van der Waals surface area contributed by atoms with Crippen molar-refractivity contribution in [1.29, 1.82) is 0 Å². The Kier molecular flexibility index (Phi) is 10.5. The topological polar surface area (TPSA) is 74.8 Å². The van der Waals surface area contributed by atoms with Gasteiger partial charge in [-0.1, -0.05) is 30.7 Å². The van der Waals surface area contributed by atoms with Crippen LogP contribution in [0, 0.1) is 12.9 Å². The highest BCUT2D eigenvalue weighted by molar-refractivity contribution is 5.98. The largest absolute Gasteiger partial charge is 0.487 e. The maximum absolute atomic E-state index is 15.4. The molecule has 2 unspecified atom stereocenters. The number of ether oxygens (including phenoxy) is 1. The molecule has 0 fully saturated rings. The molecule has 246 valence electrons. The number of carbonyl (C=O) groups excluding carboxylic acids is 2. The number of nitrogens with one attached hydrogen (secondary N) is 1. The van der Waals surface area contributed by atoms with E-state index >= 15 is 4.39 Å². The fourth-order valence-electron chi connectivity index (χ4n) is 6.79. The third kappa shape index (κ3) is 7.77. The molecule has 0 bridgehead atoms. The number of aromatic nitrogens is 1. The van der Waals surface area contributed by atoms with Crippen LogP contribution in [-0.4, -0.2) is 52.8 Å². The van der Waals surface area contributed by atoms with Gasteiger partial charge in [0.25, 0.3) is 5.91 Å². The van der Waals surface area contributed by atoms with Crippen molar-refractivity contribution in [2.75, 3.05) is 26.0 Å². The molecule has 8 heteroatoms. The predicted octanol–water partition coefficient (Wildman–Crippen LogP) is 7.51. The third-order valence-corrected chi connectivity index (χ3v) is 9.34. The Morgan fingerprint density at radius 3 is 2.57 bits per heavy atom. The molecule has 2 atom stereocenters. The summed E-state index contributed by atoms with van der Waals surface area (Å²) >= 11 is 0. The van der Waals surface area contributed by atoms with Crippen molar-refractivity contribution in [3.8, 4) is 5.75 Å². The van der Waals surface area contributed by atoms with Crippen LogP contribution in [-0.2, 0) is 28.9 Å². The normalized spacial score (nSPS) is 16.3. The van der Waals surface area contributed by atoms with Crippen LogP contribution in [0.5, 0.6) is 5.75 Å². The zero-order valence-corrected chi connectivity index (χ0v) is 28.3. The number of halogens is 1. The summed E-state index contributed by atoms with van der Waals surface area (Å²) in [5.74, 6) is -0.578. The van der Waals surface area contributed by atoms with Crippen LogP contribution in [0.15, 0.2) is 48.7 Å². The molecule has 0 spiro atoms. The number of aryl methyl sites for hydroxylation is 4. The molecular formula is C38H49FN4O3. The van der Waals surface area contributed by atoms with Crippen LogP contribution in [0.1, 0.15) is 105 Å². The highest BCUT2D eigenvalue weighted by Crippen LogP contribution is 2.43. The van der Waals surface area contributed by atoms with Crippen LogP contribution in [0.25, 0.3) is 0 Å². The smallest absolute Gasteiger partial charge is 0.251 e. The van der Waals surface area contributed by atoms with Gasteiger partial charge in [-0.3, -0.25) is 9.59 Å². The van der Waals surface area contributed by atoms with Crippen LogP contribution >= 0.6 is 0 Å². The quantitative estimate of drug-likeness (QED) is 0.166. The van der Waals surface area contributed by atoms with Crippen LogP contribution < -0.4 is 10.1 Å². The minimum atomic E-state index is -1.07. The molecule has 7 nitrogen and oxygen atoms in total. The zero-order valence-electron chi connectivity index (χ0n) is 28.3. The van der Waals surface area contributed by atoms with Crippen LogP contribution in [0.2, 0.25) is 0 Å². The minimum absolute atomic E-state index is 0.208. The predicted molar refractivity (Wildman–Crippen MR) is 181 cm³/mol. The Balaban J connectivity index is 1.59. The highest BCUT2D eigenvalue weighted by Gasteiger charge is 2.40. The van der Waals surface area contributed by atoms with E-state index in [4.69, 9.17) is 4.74 Å². The van der Waals surface area contributed by atoms with Gasteiger partial charge < -0.3 is 19.9 Å². The summed E-state index contributed by atoms with van der Waals surface area (Å²) in [6.45, 7) is 8.66. The number of hydrogen-bond donors (Lipinski definition) is 1. The maximum Gasteiger partial charge on any atom is 0.251 e. The first-order chi connectivity index (χ1) is 21.9. The lowest BCUT2D eigenvalue weighted by Gasteiger charge is -2.40. The zero-order chi connectivity index (χ0) is 33.0. The number of fused-ring (bicyclic) bond motifs is 2. The average molecular weight is 629 g/mol. The van der Waals surface area contributed by atoms with Gasteiger partial charge in [0.1, 0.15) is 17.4 Å². The molecule has 0 saturated carbocycles. The van der Waals surface area contributed by atoms with E-state index in [0.717, 1.165) is 62.6 Å². The van der Waals surface area contributed by atoms with E-state index in [-0.39, 0.29) is 23.8 Å². The minimum Gasteiger partial charge on any atom is -0.487 e. The van der Waals surface area contributed by atoms with E-state index < -0.39 is 23.6 Å². The van der Waals surface area contributed by atoms with Gasteiger partial charge in [0.15, 0.2) is 0 Å².